The highest BCUT2D eigenvalue weighted by Crippen LogP contribution is 2.27. The normalized spacial score (nSPS) is 15.7. The summed E-state index contributed by atoms with van der Waals surface area (Å²) in [5, 5.41) is 3.70. The minimum atomic E-state index is 0.0288. The maximum atomic E-state index is 8.35. The van der Waals surface area contributed by atoms with Crippen molar-refractivity contribution in [3.8, 4) is 0 Å². The summed E-state index contributed by atoms with van der Waals surface area (Å²) in [6.07, 6.45) is 1.10. The summed E-state index contributed by atoms with van der Waals surface area (Å²) in [6, 6.07) is 8.44. The Balaban J connectivity index is 2.11. The van der Waals surface area contributed by atoms with Crippen LogP contribution in [-0.4, -0.2) is 19.1 Å². The fourth-order valence-corrected chi connectivity index (χ4v) is 2.04. The van der Waals surface area contributed by atoms with Crippen molar-refractivity contribution in [3.05, 3.63) is 40.3 Å². The third-order valence-corrected chi connectivity index (χ3v) is 2.72. The van der Waals surface area contributed by atoms with Gasteiger partial charge < -0.3 is 4.90 Å². The fraction of sp³-hybridized carbons (Fsp3) is 0.455. The van der Waals surface area contributed by atoms with Crippen LogP contribution in [0.15, 0.2) is 29.4 Å². The van der Waals surface area contributed by atoms with Gasteiger partial charge in [-0.05, 0) is 23.6 Å². The molecule has 1 aliphatic rings. The van der Waals surface area contributed by atoms with Crippen LogP contribution in [0, 0.1) is 0 Å². The summed E-state index contributed by atoms with van der Waals surface area (Å²) in [4.78, 5) is 5.12. The molecule has 4 nitrogen and oxygen atoms in total. The lowest BCUT2D eigenvalue weighted by Crippen LogP contribution is -2.28. The van der Waals surface area contributed by atoms with Gasteiger partial charge >= 0.3 is 0 Å². The molecule has 0 aromatic heterocycles. The highest BCUT2D eigenvalue weighted by atomic mass is 15.2. The molecule has 0 saturated heterocycles. The molecule has 0 saturated carbocycles. The van der Waals surface area contributed by atoms with Crippen molar-refractivity contribution >= 4 is 5.69 Å². The molecule has 0 aliphatic carbocycles. The first kappa shape index (κ1) is 9.87. The summed E-state index contributed by atoms with van der Waals surface area (Å²) in [5.41, 5.74) is 11.0. The molecule has 0 amide bonds. The summed E-state index contributed by atoms with van der Waals surface area (Å²) < 4.78 is 0. The highest BCUT2D eigenvalue weighted by molar-refractivity contribution is 5.57. The summed E-state index contributed by atoms with van der Waals surface area (Å²) in [7, 11) is 0. The zero-order valence-corrected chi connectivity index (χ0v) is 8.80. The quantitative estimate of drug-likeness (QED) is 0.422. The van der Waals surface area contributed by atoms with Gasteiger partial charge in [0.05, 0.1) is 6.04 Å². The van der Waals surface area contributed by atoms with Gasteiger partial charge in [0, 0.05) is 23.7 Å². The van der Waals surface area contributed by atoms with Gasteiger partial charge in [-0.1, -0.05) is 30.2 Å². The molecule has 4 heteroatoms. The Morgan fingerprint density at radius 3 is 3.13 bits per heavy atom. The van der Waals surface area contributed by atoms with E-state index in [1.807, 2.05) is 6.92 Å². The second-order valence-corrected chi connectivity index (χ2v) is 3.88. The van der Waals surface area contributed by atoms with Crippen molar-refractivity contribution < 1.29 is 0 Å². The minimum Gasteiger partial charge on any atom is -0.371 e. The van der Waals surface area contributed by atoms with Gasteiger partial charge in [-0.2, -0.15) is 0 Å². The molecule has 1 atom stereocenters. The van der Waals surface area contributed by atoms with Crippen LogP contribution in [0.5, 0.6) is 0 Å². The molecule has 1 aliphatic heterocycles. The fourth-order valence-electron chi connectivity index (χ4n) is 2.04. The number of azide groups is 1. The van der Waals surface area contributed by atoms with Gasteiger partial charge in [-0.3, -0.25) is 0 Å². The number of nitrogens with zero attached hydrogens (tertiary/aromatic N) is 4. The monoisotopic (exact) mass is 202 g/mol. The highest BCUT2D eigenvalue weighted by Gasteiger charge is 2.19. The second-order valence-electron chi connectivity index (χ2n) is 3.88. The van der Waals surface area contributed by atoms with E-state index >= 15 is 0 Å². The second kappa shape index (κ2) is 4.24. The van der Waals surface area contributed by atoms with E-state index in [2.05, 4.69) is 39.2 Å². The van der Waals surface area contributed by atoms with Crippen molar-refractivity contribution in [2.45, 2.75) is 19.4 Å². The van der Waals surface area contributed by atoms with Crippen LogP contribution in [0.2, 0.25) is 0 Å². The summed E-state index contributed by atoms with van der Waals surface area (Å²) >= 11 is 0. The number of fused-ring (bicyclic) bond motifs is 1. The Morgan fingerprint density at radius 1 is 1.53 bits per heavy atom. The van der Waals surface area contributed by atoms with Crippen LogP contribution in [0.3, 0.4) is 0 Å². The molecule has 1 unspecified atom stereocenters. The van der Waals surface area contributed by atoms with Crippen LogP contribution in [-0.2, 0) is 6.42 Å². The molecule has 0 N–H and O–H groups in total. The Bertz CT molecular complexity index is 395. The zero-order valence-electron chi connectivity index (χ0n) is 8.80. The zero-order chi connectivity index (χ0) is 10.7. The molecule has 0 bridgehead atoms. The lowest BCUT2D eigenvalue weighted by Gasteiger charge is -2.21. The minimum absolute atomic E-state index is 0.0288. The van der Waals surface area contributed by atoms with Crippen molar-refractivity contribution in [2.24, 2.45) is 5.11 Å². The van der Waals surface area contributed by atoms with Gasteiger partial charge in [-0.15, -0.1) is 0 Å². The Morgan fingerprint density at radius 2 is 2.33 bits per heavy atom. The van der Waals surface area contributed by atoms with E-state index in [1.54, 1.807) is 0 Å². The molecule has 0 radical (unpaired) electrons. The SMILES string of the molecule is CC(CN1CCc2ccccc21)N=[N+]=[N-]. The number of para-hydroxylation sites is 1. The van der Waals surface area contributed by atoms with Crippen molar-refractivity contribution in [2.75, 3.05) is 18.0 Å². The molecule has 2 rings (SSSR count). The van der Waals surface area contributed by atoms with E-state index in [-0.39, 0.29) is 6.04 Å². The standard InChI is InChI=1S/C11H14N4/c1-9(13-14-12)8-15-7-6-10-4-2-3-5-11(10)15/h2-5,9H,6-8H2,1H3. The maximum absolute atomic E-state index is 8.35. The van der Waals surface area contributed by atoms with Crippen LogP contribution < -0.4 is 4.90 Å². The predicted molar refractivity (Wildman–Crippen MR) is 61.0 cm³/mol. The van der Waals surface area contributed by atoms with E-state index in [4.69, 9.17) is 5.53 Å². The number of hydrogen-bond donors (Lipinski definition) is 0. The van der Waals surface area contributed by atoms with E-state index in [9.17, 15) is 0 Å². The van der Waals surface area contributed by atoms with Crippen molar-refractivity contribution in [3.63, 3.8) is 0 Å². The lowest BCUT2D eigenvalue weighted by atomic mass is 10.2. The molecule has 1 heterocycles. The molecular weight excluding hydrogens is 188 g/mol. The van der Waals surface area contributed by atoms with Gasteiger partial charge in [0.1, 0.15) is 0 Å². The first-order valence-electron chi connectivity index (χ1n) is 5.18. The van der Waals surface area contributed by atoms with Crippen LogP contribution in [0.4, 0.5) is 5.69 Å². The largest absolute Gasteiger partial charge is 0.371 e. The molecule has 78 valence electrons. The average Bonchev–Trinajstić information content (AvgIpc) is 2.62. The summed E-state index contributed by atoms with van der Waals surface area (Å²) in [6.45, 7) is 3.78. The van der Waals surface area contributed by atoms with Crippen molar-refractivity contribution in [1.82, 2.24) is 0 Å². The molecule has 1 aromatic rings. The number of hydrogen-bond acceptors (Lipinski definition) is 2. The van der Waals surface area contributed by atoms with Gasteiger partial charge in [0.2, 0.25) is 0 Å². The smallest absolute Gasteiger partial charge is 0.0521 e. The third kappa shape index (κ3) is 2.05. The van der Waals surface area contributed by atoms with Crippen molar-refractivity contribution in [1.29, 1.82) is 0 Å². The molecule has 15 heavy (non-hydrogen) atoms. The first-order valence-corrected chi connectivity index (χ1v) is 5.18. The van der Waals surface area contributed by atoms with Gasteiger partial charge in [0.25, 0.3) is 0 Å². The Labute approximate surface area is 89.1 Å². The molecule has 0 fully saturated rings. The van der Waals surface area contributed by atoms with E-state index in [0.717, 1.165) is 19.5 Å². The predicted octanol–water partition coefficient (Wildman–Crippen LogP) is 2.75. The Kier molecular flexibility index (Phi) is 2.79. The third-order valence-electron chi connectivity index (χ3n) is 2.72. The first-order chi connectivity index (χ1) is 7.31. The molecule has 1 aromatic carbocycles. The van der Waals surface area contributed by atoms with Crippen LogP contribution >= 0.6 is 0 Å². The molecule has 0 spiro atoms. The Hall–Kier alpha value is -1.67. The van der Waals surface area contributed by atoms with Gasteiger partial charge in [-0.25, -0.2) is 0 Å². The average molecular weight is 202 g/mol. The number of rotatable bonds is 3. The van der Waals surface area contributed by atoms with Gasteiger partial charge in [0.15, 0.2) is 0 Å². The number of benzene rings is 1. The summed E-state index contributed by atoms with van der Waals surface area (Å²) in [5.74, 6) is 0. The van der Waals surface area contributed by atoms with E-state index in [0.29, 0.717) is 0 Å². The van der Waals surface area contributed by atoms with E-state index in [1.165, 1.54) is 11.3 Å². The van der Waals surface area contributed by atoms with Crippen LogP contribution in [0.25, 0.3) is 10.4 Å². The topological polar surface area (TPSA) is 52.0 Å². The van der Waals surface area contributed by atoms with E-state index < -0.39 is 0 Å². The lowest BCUT2D eigenvalue weighted by molar-refractivity contribution is 0.689. The number of anilines is 1. The molecular formula is C11H14N4. The van der Waals surface area contributed by atoms with Crippen LogP contribution in [0.1, 0.15) is 12.5 Å². The maximum Gasteiger partial charge on any atom is 0.0521 e.